The third-order valence-corrected chi connectivity index (χ3v) is 6.72. The summed E-state index contributed by atoms with van der Waals surface area (Å²) in [5.74, 6) is -0.177. The molecule has 1 aliphatic rings. The van der Waals surface area contributed by atoms with Gasteiger partial charge >= 0.3 is 0 Å². The van der Waals surface area contributed by atoms with Crippen molar-refractivity contribution in [3.05, 3.63) is 61.9 Å². The molecule has 1 aliphatic heterocycles. The number of Topliss-reactive ketones (excluding diaryl/α,β-unsaturated/α-hetero) is 1. The number of nitrogens with zero attached hydrogens (tertiary/aromatic N) is 2. The van der Waals surface area contributed by atoms with Crippen LogP contribution in [-0.2, 0) is 11.2 Å². The standard InChI is InChI=1S/C21H20ClN3O2S/c1-4-14-7-8-17(28-14)20(27)15-10-18(26)23-21-19(15)12(3)24-25(21)13-6-5-11(2)16(22)9-13/h5-9,15H,4,10H2,1-3H3,(H,23,26)/t15-/m1/s1. The number of fused-ring (bicyclic) bond motifs is 1. The highest BCUT2D eigenvalue weighted by molar-refractivity contribution is 7.14. The number of benzene rings is 1. The van der Waals surface area contributed by atoms with Crippen LogP contribution in [0.25, 0.3) is 5.69 Å². The van der Waals surface area contributed by atoms with Gasteiger partial charge in [-0.1, -0.05) is 24.6 Å². The van der Waals surface area contributed by atoms with Crippen LogP contribution in [0.3, 0.4) is 0 Å². The van der Waals surface area contributed by atoms with Crippen molar-refractivity contribution in [1.29, 1.82) is 0 Å². The van der Waals surface area contributed by atoms with Gasteiger partial charge in [0.1, 0.15) is 5.82 Å². The number of hydrogen-bond donors (Lipinski definition) is 1. The molecule has 1 aromatic carbocycles. The van der Waals surface area contributed by atoms with Crippen LogP contribution < -0.4 is 5.32 Å². The van der Waals surface area contributed by atoms with Crippen LogP contribution in [0.1, 0.15) is 50.6 Å². The second-order valence-electron chi connectivity index (χ2n) is 6.98. The van der Waals surface area contributed by atoms with Crippen molar-refractivity contribution >= 4 is 40.4 Å². The topological polar surface area (TPSA) is 64.0 Å². The minimum absolute atomic E-state index is 0.0228. The molecule has 0 saturated heterocycles. The summed E-state index contributed by atoms with van der Waals surface area (Å²) < 4.78 is 1.67. The van der Waals surface area contributed by atoms with Gasteiger partial charge in [-0.05, 0) is 50.1 Å². The first kappa shape index (κ1) is 18.9. The van der Waals surface area contributed by atoms with E-state index in [-0.39, 0.29) is 18.1 Å². The molecule has 0 saturated carbocycles. The maximum Gasteiger partial charge on any atom is 0.226 e. The van der Waals surface area contributed by atoms with Crippen molar-refractivity contribution in [2.45, 2.75) is 39.5 Å². The fourth-order valence-corrected chi connectivity index (χ4v) is 4.66. The zero-order valence-corrected chi connectivity index (χ0v) is 17.4. The molecular formula is C21H20ClN3O2S. The van der Waals surface area contributed by atoms with Crippen molar-refractivity contribution in [1.82, 2.24) is 9.78 Å². The van der Waals surface area contributed by atoms with E-state index in [2.05, 4.69) is 17.3 Å². The van der Waals surface area contributed by atoms with E-state index >= 15 is 0 Å². The van der Waals surface area contributed by atoms with E-state index in [1.807, 2.05) is 44.2 Å². The van der Waals surface area contributed by atoms with E-state index in [0.717, 1.165) is 33.8 Å². The predicted molar refractivity (Wildman–Crippen MR) is 112 cm³/mol. The van der Waals surface area contributed by atoms with Gasteiger partial charge in [-0.3, -0.25) is 9.59 Å². The number of aromatic nitrogens is 2. The van der Waals surface area contributed by atoms with E-state index in [1.165, 1.54) is 11.3 Å². The lowest BCUT2D eigenvalue weighted by atomic mass is 9.87. The molecule has 0 fully saturated rings. The van der Waals surface area contributed by atoms with Crippen LogP contribution in [0, 0.1) is 13.8 Å². The third kappa shape index (κ3) is 3.16. The molecule has 0 unspecified atom stereocenters. The Balaban J connectivity index is 1.80. The number of ketones is 1. The molecule has 1 N–H and O–H groups in total. The Bertz CT molecular complexity index is 1100. The summed E-state index contributed by atoms with van der Waals surface area (Å²) in [7, 11) is 0. The van der Waals surface area contributed by atoms with Gasteiger partial charge in [0.2, 0.25) is 5.91 Å². The van der Waals surface area contributed by atoms with Crippen LogP contribution in [0.5, 0.6) is 0 Å². The number of nitrogens with one attached hydrogen (secondary N) is 1. The van der Waals surface area contributed by atoms with Gasteiger partial charge in [0.05, 0.1) is 22.2 Å². The zero-order valence-electron chi connectivity index (χ0n) is 15.9. The molecule has 28 heavy (non-hydrogen) atoms. The summed E-state index contributed by atoms with van der Waals surface area (Å²) >= 11 is 7.77. The molecule has 4 rings (SSSR count). The van der Waals surface area contributed by atoms with Gasteiger partial charge in [-0.2, -0.15) is 5.10 Å². The zero-order chi connectivity index (χ0) is 20.0. The number of carbonyl (C=O) groups is 2. The van der Waals surface area contributed by atoms with Crippen molar-refractivity contribution in [3.63, 3.8) is 0 Å². The molecule has 0 bridgehead atoms. The molecule has 3 heterocycles. The Kier molecular flexibility index (Phi) is 4.85. The first-order chi connectivity index (χ1) is 13.4. The molecule has 1 amide bonds. The lowest BCUT2D eigenvalue weighted by molar-refractivity contribution is -0.116. The number of hydrogen-bond acceptors (Lipinski definition) is 4. The fraction of sp³-hybridized carbons (Fsp3) is 0.286. The van der Waals surface area contributed by atoms with Crippen molar-refractivity contribution in [2.75, 3.05) is 5.32 Å². The Morgan fingerprint density at radius 1 is 1.32 bits per heavy atom. The van der Waals surface area contributed by atoms with E-state index in [4.69, 9.17) is 11.6 Å². The monoisotopic (exact) mass is 413 g/mol. The molecule has 0 aliphatic carbocycles. The normalized spacial score (nSPS) is 16.0. The quantitative estimate of drug-likeness (QED) is 0.607. The third-order valence-electron chi connectivity index (χ3n) is 5.07. The largest absolute Gasteiger partial charge is 0.310 e. The highest BCUT2D eigenvalue weighted by Crippen LogP contribution is 2.39. The summed E-state index contributed by atoms with van der Waals surface area (Å²) in [6.07, 6.45) is 1.02. The Morgan fingerprint density at radius 3 is 2.79 bits per heavy atom. The van der Waals surface area contributed by atoms with Crippen LogP contribution in [0.2, 0.25) is 5.02 Å². The molecule has 1 atom stereocenters. The molecule has 3 aromatic rings. The van der Waals surface area contributed by atoms with Crippen molar-refractivity contribution in [2.24, 2.45) is 0 Å². The number of aryl methyl sites for hydroxylation is 3. The maximum absolute atomic E-state index is 13.2. The van der Waals surface area contributed by atoms with Gasteiger partial charge in [0, 0.05) is 21.9 Å². The van der Waals surface area contributed by atoms with Gasteiger partial charge in [0.25, 0.3) is 0 Å². The second kappa shape index (κ2) is 7.18. The summed E-state index contributed by atoms with van der Waals surface area (Å²) in [6, 6.07) is 9.46. The van der Waals surface area contributed by atoms with Gasteiger partial charge < -0.3 is 5.32 Å². The van der Waals surface area contributed by atoms with E-state index in [1.54, 1.807) is 4.68 Å². The van der Waals surface area contributed by atoms with Crippen molar-refractivity contribution in [3.8, 4) is 5.69 Å². The molecule has 144 valence electrons. The summed E-state index contributed by atoms with van der Waals surface area (Å²) in [5, 5.41) is 8.14. The Hall–Kier alpha value is -2.44. The number of rotatable bonds is 4. The van der Waals surface area contributed by atoms with E-state index < -0.39 is 5.92 Å². The summed E-state index contributed by atoms with van der Waals surface area (Å²) in [4.78, 5) is 27.5. The number of carbonyl (C=O) groups excluding carboxylic acids is 2. The van der Waals surface area contributed by atoms with E-state index in [0.29, 0.717) is 15.7 Å². The lowest BCUT2D eigenvalue weighted by Crippen LogP contribution is -2.28. The first-order valence-electron chi connectivity index (χ1n) is 9.17. The maximum atomic E-state index is 13.2. The van der Waals surface area contributed by atoms with Gasteiger partial charge in [-0.15, -0.1) is 11.3 Å². The van der Waals surface area contributed by atoms with Crippen LogP contribution in [0.4, 0.5) is 5.82 Å². The number of halogens is 1. The smallest absolute Gasteiger partial charge is 0.226 e. The molecule has 5 nitrogen and oxygen atoms in total. The Morgan fingerprint density at radius 2 is 2.11 bits per heavy atom. The Labute approximate surface area is 172 Å². The first-order valence-corrected chi connectivity index (χ1v) is 10.4. The molecule has 7 heteroatoms. The van der Waals surface area contributed by atoms with Crippen LogP contribution >= 0.6 is 22.9 Å². The fourth-order valence-electron chi connectivity index (χ4n) is 3.54. The minimum Gasteiger partial charge on any atom is -0.310 e. The summed E-state index contributed by atoms with van der Waals surface area (Å²) in [5.41, 5.74) is 3.23. The molecule has 2 aromatic heterocycles. The summed E-state index contributed by atoms with van der Waals surface area (Å²) in [6.45, 7) is 5.86. The SMILES string of the molecule is CCc1ccc(C(=O)[C@@H]2CC(=O)Nc3c2c(C)nn3-c2ccc(C)c(Cl)c2)s1. The van der Waals surface area contributed by atoms with Crippen LogP contribution in [0.15, 0.2) is 30.3 Å². The predicted octanol–water partition coefficient (Wildman–Crippen LogP) is 5.08. The second-order valence-corrected chi connectivity index (χ2v) is 8.56. The van der Waals surface area contributed by atoms with E-state index in [9.17, 15) is 9.59 Å². The molecule has 0 spiro atoms. The minimum atomic E-state index is -0.526. The average molecular weight is 414 g/mol. The van der Waals surface area contributed by atoms with Gasteiger partial charge in [-0.25, -0.2) is 4.68 Å². The lowest BCUT2D eigenvalue weighted by Gasteiger charge is -2.22. The van der Waals surface area contributed by atoms with Crippen LogP contribution in [-0.4, -0.2) is 21.5 Å². The number of thiophene rings is 1. The highest BCUT2D eigenvalue weighted by Gasteiger charge is 2.36. The van der Waals surface area contributed by atoms with Crippen molar-refractivity contribution < 1.29 is 9.59 Å². The molecule has 0 radical (unpaired) electrons. The highest BCUT2D eigenvalue weighted by atomic mass is 35.5. The molecular weight excluding hydrogens is 394 g/mol. The number of anilines is 1. The average Bonchev–Trinajstić information content (AvgIpc) is 3.28. The number of amides is 1. The van der Waals surface area contributed by atoms with Gasteiger partial charge in [0.15, 0.2) is 5.78 Å².